The zero-order valence-electron chi connectivity index (χ0n) is 11.9. The molecule has 2 heterocycles. The van der Waals surface area contributed by atoms with Crippen molar-refractivity contribution in [1.29, 1.82) is 0 Å². The predicted octanol–water partition coefficient (Wildman–Crippen LogP) is 0.317. The molecule has 1 aromatic heterocycles. The van der Waals surface area contributed by atoms with Crippen molar-refractivity contribution in [1.82, 2.24) is 24.9 Å². The summed E-state index contributed by atoms with van der Waals surface area (Å²) in [7, 11) is 6.40. The molecule has 5 heteroatoms. The standard InChI is InChI=1S/C13H25N5/c1-5-14-13(11-8-15-18(4)9-11)12-10-16(2)6-7-17(12)3/h8-9,12-14H,5-7,10H2,1-4H3. The fourth-order valence-electron chi connectivity index (χ4n) is 2.70. The van der Waals surface area contributed by atoms with Crippen molar-refractivity contribution in [2.75, 3.05) is 40.3 Å². The second kappa shape index (κ2) is 5.82. The highest BCUT2D eigenvalue weighted by Gasteiger charge is 2.30. The van der Waals surface area contributed by atoms with E-state index < -0.39 is 0 Å². The van der Waals surface area contributed by atoms with Gasteiger partial charge in [-0.15, -0.1) is 0 Å². The highest BCUT2D eigenvalue weighted by molar-refractivity contribution is 5.14. The van der Waals surface area contributed by atoms with Crippen LogP contribution in [0.4, 0.5) is 0 Å². The molecule has 18 heavy (non-hydrogen) atoms. The molecule has 5 nitrogen and oxygen atoms in total. The number of hydrogen-bond donors (Lipinski definition) is 1. The van der Waals surface area contributed by atoms with E-state index >= 15 is 0 Å². The highest BCUT2D eigenvalue weighted by Crippen LogP contribution is 2.22. The Morgan fingerprint density at radius 2 is 2.17 bits per heavy atom. The van der Waals surface area contributed by atoms with Crippen LogP contribution in [0.2, 0.25) is 0 Å². The van der Waals surface area contributed by atoms with E-state index in [1.54, 1.807) is 0 Å². The van der Waals surface area contributed by atoms with Crippen molar-refractivity contribution in [2.45, 2.75) is 19.0 Å². The van der Waals surface area contributed by atoms with Gasteiger partial charge in [0.15, 0.2) is 0 Å². The number of rotatable bonds is 4. The maximum atomic E-state index is 4.30. The van der Waals surface area contributed by atoms with Crippen molar-refractivity contribution in [3.8, 4) is 0 Å². The van der Waals surface area contributed by atoms with E-state index in [0.717, 1.165) is 26.2 Å². The van der Waals surface area contributed by atoms with Gasteiger partial charge in [-0.3, -0.25) is 9.58 Å². The average Bonchev–Trinajstić information content (AvgIpc) is 2.76. The number of likely N-dealkylation sites (N-methyl/N-ethyl adjacent to an activating group) is 3. The fourth-order valence-corrected chi connectivity index (χ4v) is 2.70. The number of nitrogens with zero attached hydrogens (tertiary/aromatic N) is 4. The molecular weight excluding hydrogens is 226 g/mol. The van der Waals surface area contributed by atoms with Crippen molar-refractivity contribution in [3.63, 3.8) is 0 Å². The van der Waals surface area contributed by atoms with E-state index in [4.69, 9.17) is 0 Å². The van der Waals surface area contributed by atoms with E-state index in [-0.39, 0.29) is 0 Å². The summed E-state index contributed by atoms with van der Waals surface area (Å²) in [5, 5.41) is 7.91. The van der Waals surface area contributed by atoms with E-state index in [1.165, 1.54) is 5.56 Å². The van der Waals surface area contributed by atoms with Gasteiger partial charge in [-0.25, -0.2) is 0 Å². The van der Waals surface area contributed by atoms with Gasteiger partial charge in [-0.2, -0.15) is 5.10 Å². The lowest BCUT2D eigenvalue weighted by Crippen LogP contribution is -2.55. The van der Waals surface area contributed by atoms with Gasteiger partial charge in [-0.1, -0.05) is 6.92 Å². The lowest BCUT2D eigenvalue weighted by atomic mass is 9.99. The van der Waals surface area contributed by atoms with Gasteiger partial charge in [0.2, 0.25) is 0 Å². The third-order valence-corrected chi connectivity index (χ3v) is 3.79. The molecule has 2 unspecified atom stereocenters. The summed E-state index contributed by atoms with van der Waals surface area (Å²) in [6.45, 7) is 6.52. The molecule has 0 aromatic carbocycles. The first-order chi connectivity index (χ1) is 8.61. The minimum atomic E-state index is 0.358. The molecule has 0 radical (unpaired) electrons. The van der Waals surface area contributed by atoms with Gasteiger partial charge in [0, 0.05) is 44.5 Å². The minimum absolute atomic E-state index is 0.358. The summed E-state index contributed by atoms with van der Waals surface area (Å²) in [6.07, 6.45) is 4.10. The molecule has 1 N–H and O–H groups in total. The number of nitrogens with one attached hydrogen (secondary N) is 1. The molecule has 0 amide bonds. The van der Waals surface area contributed by atoms with Crippen molar-refractivity contribution < 1.29 is 0 Å². The maximum absolute atomic E-state index is 4.30. The Hall–Kier alpha value is -0.910. The second-order valence-corrected chi connectivity index (χ2v) is 5.29. The van der Waals surface area contributed by atoms with Crippen LogP contribution in [0.3, 0.4) is 0 Å². The molecule has 0 spiro atoms. The number of aromatic nitrogens is 2. The van der Waals surface area contributed by atoms with Crippen LogP contribution < -0.4 is 5.32 Å². The lowest BCUT2D eigenvalue weighted by molar-refractivity contribution is 0.0880. The first kappa shape index (κ1) is 13.5. The minimum Gasteiger partial charge on any atom is -0.309 e. The number of piperazine rings is 1. The zero-order chi connectivity index (χ0) is 13.1. The Morgan fingerprint density at radius 3 is 2.78 bits per heavy atom. The van der Waals surface area contributed by atoms with Gasteiger partial charge >= 0.3 is 0 Å². The summed E-state index contributed by atoms with van der Waals surface area (Å²) in [5.74, 6) is 0. The van der Waals surface area contributed by atoms with Gasteiger partial charge in [0.05, 0.1) is 12.2 Å². The van der Waals surface area contributed by atoms with Crippen LogP contribution in [0.1, 0.15) is 18.5 Å². The molecule has 102 valence electrons. The first-order valence-electron chi connectivity index (χ1n) is 6.72. The molecule has 1 saturated heterocycles. The molecule has 1 aliphatic heterocycles. The Labute approximate surface area is 110 Å². The Kier molecular flexibility index (Phi) is 4.37. The Balaban J connectivity index is 2.18. The van der Waals surface area contributed by atoms with Crippen LogP contribution in [0.15, 0.2) is 12.4 Å². The first-order valence-corrected chi connectivity index (χ1v) is 6.72. The number of aryl methyl sites for hydroxylation is 1. The molecular formula is C13H25N5. The second-order valence-electron chi connectivity index (χ2n) is 5.29. The maximum Gasteiger partial charge on any atom is 0.0538 e. The predicted molar refractivity (Wildman–Crippen MR) is 73.5 cm³/mol. The molecule has 2 atom stereocenters. The van der Waals surface area contributed by atoms with Gasteiger partial charge in [0.1, 0.15) is 0 Å². The summed E-state index contributed by atoms with van der Waals surface area (Å²) >= 11 is 0. The van der Waals surface area contributed by atoms with Crippen LogP contribution in [0.5, 0.6) is 0 Å². The molecule has 0 bridgehead atoms. The zero-order valence-corrected chi connectivity index (χ0v) is 11.9. The molecule has 1 fully saturated rings. The van der Waals surface area contributed by atoms with Gasteiger partial charge in [-0.05, 0) is 20.6 Å². The van der Waals surface area contributed by atoms with Crippen LogP contribution in [-0.2, 0) is 7.05 Å². The van der Waals surface area contributed by atoms with Crippen molar-refractivity contribution >= 4 is 0 Å². The third-order valence-electron chi connectivity index (χ3n) is 3.79. The average molecular weight is 251 g/mol. The topological polar surface area (TPSA) is 36.3 Å². The Morgan fingerprint density at radius 1 is 1.39 bits per heavy atom. The smallest absolute Gasteiger partial charge is 0.0538 e. The molecule has 1 aromatic rings. The van der Waals surface area contributed by atoms with Crippen LogP contribution in [-0.4, -0.2) is 65.9 Å². The molecule has 1 aliphatic rings. The monoisotopic (exact) mass is 251 g/mol. The van der Waals surface area contributed by atoms with E-state index in [2.05, 4.69) is 47.4 Å². The fraction of sp³-hybridized carbons (Fsp3) is 0.769. The van der Waals surface area contributed by atoms with E-state index in [0.29, 0.717) is 12.1 Å². The quantitative estimate of drug-likeness (QED) is 0.836. The summed E-state index contributed by atoms with van der Waals surface area (Å²) in [4.78, 5) is 4.87. The van der Waals surface area contributed by atoms with Crippen LogP contribution >= 0.6 is 0 Å². The third kappa shape index (κ3) is 2.91. The highest BCUT2D eigenvalue weighted by atomic mass is 15.3. The molecule has 0 saturated carbocycles. The molecule has 2 rings (SSSR count). The SMILES string of the molecule is CCNC(c1cnn(C)c1)C1CN(C)CCN1C. The summed E-state index contributed by atoms with van der Waals surface area (Å²) in [6, 6.07) is 0.865. The van der Waals surface area contributed by atoms with Crippen molar-refractivity contribution in [3.05, 3.63) is 18.0 Å². The largest absolute Gasteiger partial charge is 0.309 e. The Bertz CT molecular complexity index is 375. The van der Waals surface area contributed by atoms with Crippen LogP contribution in [0.25, 0.3) is 0 Å². The summed E-state index contributed by atoms with van der Waals surface area (Å²) < 4.78 is 1.88. The normalized spacial score (nSPS) is 24.3. The van der Waals surface area contributed by atoms with Crippen LogP contribution in [0, 0.1) is 0 Å². The lowest BCUT2D eigenvalue weighted by Gasteiger charge is -2.42. The van der Waals surface area contributed by atoms with Gasteiger partial charge in [0.25, 0.3) is 0 Å². The summed E-state index contributed by atoms with van der Waals surface area (Å²) in [5.41, 5.74) is 1.28. The van der Waals surface area contributed by atoms with E-state index in [1.807, 2.05) is 17.9 Å². The van der Waals surface area contributed by atoms with Gasteiger partial charge < -0.3 is 10.2 Å². The number of hydrogen-bond acceptors (Lipinski definition) is 4. The van der Waals surface area contributed by atoms with Crippen molar-refractivity contribution in [2.24, 2.45) is 7.05 Å². The van der Waals surface area contributed by atoms with E-state index in [9.17, 15) is 0 Å². The molecule has 0 aliphatic carbocycles.